The molecular weight excluding hydrogens is 569 g/mol. The summed E-state index contributed by atoms with van der Waals surface area (Å²) in [4.78, 5) is 41.4. The second-order valence-corrected chi connectivity index (χ2v) is 12.3. The number of aryl methyl sites for hydroxylation is 1. The Bertz CT molecular complexity index is 1430. The monoisotopic (exact) mass is 602 g/mol. The van der Waals surface area contributed by atoms with Crippen LogP contribution in [0.25, 0.3) is 0 Å². The molecule has 1 fully saturated rings. The highest BCUT2D eigenvalue weighted by atomic mass is 32.2. The molecule has 0 saturated carbocycles. The number of amides is 3. The number of nitrogens with one attached hydrogen (secondary N) is 2. The summed E-state index contributed by atoms with van der Waals surface area (Å²) in [5.41, 5.74) is 0.148. The van der Waals surface area contributed by atoms with Crippen LogP contribution in [0.1, 0.15) is 41.0 Å². The summed E-state index contributed by atoms with van der Waals surface area (Å²) >= 11 is 1.31. The maximum atomic E-state index is 13.8. The third-order valence-corrected chi connectivity index (χ3v) is 8.65. The van der Waals surface area contributed by atoms with Gasteiger partial charge in [0.15, 0.2) is 6.10 Å². The van der Waals surface area contributed by atoms with Gasteiger partial charge in [0.2, 0.25) is 5.91 Å². The Hall–Kier alpha value is -3.77. The molecule has 12 heteroatoms. The van der Waals surface area contributed by atoms with Gasteiger partial charge in [0.1, 0.15) is 11.7 Å². The van der Waals surface area contributed by atoms with Crippen LogP contribution < -0.4 is 10.6 Å². The number of hydrogen-bond acceptors (Lipinski definition) is 5. The van der Waals surface area contributed by atoms with Crippen molar-refractivity contribution in [2.75, 3.05) is 5.88 Å². The first-order valence-corrected chi connectivity index (χ1v) is 14.3. The van der Waals surface area contributed by atoms with E-state index in [0.29, 0.717) is 5.69 Å². The predicted molar refractivity (Wildman–Crippen MR) is 153 cm³/mol. The van der Waals surface area contributed by atoms with E-state index in [2.05, 4.69) is 10.6 Å². The fourth-order valence-electron chi connectivity index (χ4n) is 5.03. The molecule has 1 aliphatic heterocycles. The Morgan fingerprint density at radius 3 is 2.36 bits per heavy atom. The number of aliphatic hydroxyl groups excluding tert-OH is 1. The zero-order chi connectivity index (χ0) is 30.7. The fourth-order valence-corrected chi connectivity index (χ4v) is 6.17. The second kappa shape index (κ2) is 12.6. The van der Waals surface area contributed by atoms with Crippen molar-refractivity contribution in [2.24, 2.45) is 7.05 Å². The predicted octanol–water partition coefficient (Wildman–Crippen LogP) is 3.74. The van der Waals surface area contributed by atoms with Crippen LogP contribution in [0.4, 0.5) is 13.2 Å². The highest BCUT2D eigenvalue weighted by Crippen LogP contribution is 2.40. The number of aromatic nitrogens is 1. The van der Waals surface area contributed by atoms with Crippen LogP contribution in [0.15, 0.2) is 72.9 Å². The molecule has 3 N–H and O–H groups in total. The minimum Gasteiger partial charge on any atom is -0.381 e. The van der Waals surface area contributed by atoms with Crippen LogP contribution in [0.2, 0.25) is 0 Å². The lowest BCUT2D eigenvalue weighted by Gasteiger charge is -2.33. The molecule has 3 amide bonds. The van der Waals surface area contributed by atoms with E-state index in [4.69, 9.17) is 0 Å². The summed E-state index contributed by atoms with van der Waals surface area (Å²) in [7, 11) is 1.70. The Labute approximate surface area is 246 Å². The van der Waals surface area contributed by atoms with Gasteiger partial charge in [-0.15, -0.1) is 11.8 Å². The van der Waals surface area contributed by atoms with Crippen molar-refractivity contribution in [3.63, 3.8) is 0 Å². The van der Waals surface area contributed by atoms with Crippen molar-refractivity contribution in [3.05, 3.63) is 95.3 Å². The number of carbonyl (C=O) groups excluding carboxylic acids is 3. The van der Waals surface area contributed by atoms with E-state index >= 15 is 0 Å². The highest BCUT2D eigenvalue weighted by molar-refractivity contribution is 8.00. The summed E-state index contributed by atoms with van der Waals surface area (Å²) in [5.74, 6) is -1.82. The zero-order valence-corrected chi connectivity index (χ0v) is 24.2. The number of hydrogen-bond donors (Lipinski definition) is 3. The third-order valence-electron chi connectivity index (χ3n) is 7.28. The van der Waals surface area contributed by atoms with Crippen LogP contribution in [0.3, 0.4) is 0 Å². The number of nitrogens with zero attached hydrogens (tertiary/aromatic N) is 2. The molecular formula is C30H33F3N4O4S. The van der Waals surface area contributed by atoms with Gasteiger partial charge in [-0.05, 0) is 49.6 Å². The van der Waals surface area contributed by atoms with E-state index in [-0.39, 0.29) is 24.4 Å². The van der Waals surface area contributed by atoms with Gasteiger partial charge in [-0.25, -0.2) is 0 Å². The fraction of sp³-hybridized carbons (Fsp3) is 0.367. The van der Waals surface area contributed by atoms with E-state index in [1.165, 1.54) is 34.9 Å². The molecule has 0 aliphatic carbocycles. The van der Waals surface area contributed by atoms with E-state index in [1.54, 1.807) is 55.9 Å². The van der Waals surface area contributed by atoms with Crippen LogP contribution in [0, 0.1) is 0 Å². The maximum absolute atomic E-state index is 13.8. The van der Waals surface area contributed by atoms with Gasteiger partial charge in [0.05, 0.1) is 17.5 Å². The summed E-state index contributed by atoms with van der Waals surface area (Å²) in [6, 6.07) is 15.2. The van der Waals surface area contributed by atoms with Gasteiger partial charge >= 0.3 is 6.18 Å². The molecule has 1 aromatic heterocycles. The number of carbonyl (C=O) groups is 3. The standard InChI is InChI=1S/C30H33F3N4O4S/c1-29(2)25(27(40)34-17-20-12-7-8-13-21(20)30(31,32)33)37(18-42-29)28(41)24(38)22(16-19-10-5-4-6-11-19)35-26(39)23-14-9-15-36(23)3/h4-15,22,24-25,38H,16-18H2,1-3H3,(H,34,40)(H,35,39)/t22?,24-,25+/m0/s1. The Morgan fingerprint density at radius 1 is 1.05 bits per heavy atom. The highest BCUT2D eigenvalue weighted by Gasteiger charge is 2.50. The number of aliphatic hydroxyl groups is 1. The first-order chi connectivity index (χ1) is 19.8. The Balaban J connectivity index is 1.54. The lowest BCUT2D eigenvalue weighted by molar-refractivity contribution is -0.147. The zero-order valence-electron chi connectivity index (χ0n) is 23.4. The maximum Gasteiger partial charge on any atom is 0.416 e. The molecule has 1 saturated heterocycles. The molecule has 4 rings (SSSR count). The molecule has 2 aromatic carbocycles. The van der Waals surface area contributed by atoms with Crippen LogP contribution in [-0.4, -0.2) is 61.1 Å². The Kier molecular flexibility index (Phi) is 9.37. The molecule has 0 radical (unpaired) electrons. The van der Waals surface area contributed by atoms with Gasteiger partial charge in [-0.1, -0.05) is 48.5 Å². The van der Waals surface area contributed by atoms with Crippen molar-refractivity contribution in [3.8, 4) is 0 Å². The molecule has 0 bridgehead atoms. The molecule has 3 aromatic rings. The van der Waals surface area contributed by atoms with Crippen molar-refractivity contribution in [1.29, 1.82) is 0 Å². The van der Waals surface area contributed by atoms with Crippen molar-refractivity contribution in [1.82, 2.24) is 20.1 Å². The molecule has 2 heterocycles. The summed E-state index contributed by atoms with van der Waals surface area (Å²) in [6.45, 7) is 3.12. The summed E-state index contributed by atoms with van der Waals surface area (Å²) in [6.07, 6.45) is -4.46. The summed E-state index contributed by atoms with van der Waals surface area (Å²) in [5, 5.41) is 16.7. The Morgan fingerprint density at radius 2 is 1.71 bits per heavy atom. The number of halogens is 3. The number of alkyl halides is 3. The van der Waals surface area contributed by atoms with Gasteiger partial charge in [0, 0.05) is 24.5 Å². The topological polar surface area (TPSA) is 104 Å². The normalized spacial score (nSPS) is 17.9. The molecule has 224 valence electrons. The van der Waals surface area contributed by atoms with E-state index in [0.717, 1.165) is 11.6 Å². The average Bonchev–Trinajstić information content (AvgIpc) is 3.52. The third kappa shape index (κ3) is 6.99. The lowest BCUT2D eigenvalue weighted by Crippen LogP contribution is -2.58. The molecule has 1 unspecified atom stereocenters. The smallest absolute Gasteiger partial charge is 0.381 e. The molecule has 8 nitrogen and oxygen atoms in total. The van der Waals surface area contributed by atoms with E-state index < -0.39 is 52.4 Å². The quantitative estimate of drug-likeness (QED) is 0.346. The number of thioether (sulfide) groups is 1. The van der Waals surface area contributed by atoms with Crippen molar-refractivity contribution >= 4 is 29.5 Å². The molecule has 3 atom stereocenters. The van der Waals surface area contributed by atoms with Crippen molar-refractivity contribution < 1.29 is 32.7 Å². The van der Waals surface area contributed by atoms with E-state index in [9.17, 15) is 32.7 Å². The molecule has 1 aliphatic rings. The lowest BCUT2D eigenvalue weighted by atomic mass is 9.97. The second-order valence-electron chi connectivity index (χ2n) is 10.7. The number of rotatable bonds is 9. The molecule has 42 heavy (non-hydrogen) atoms. The first-order valence-electron chi connectivity index (χ1n) is 13.3. The molecule has 0 spiro atoms. The van der Waals surface area contributed by atoms with Gasteiger partial charge in [-0.3, -0.25) is 14.4 Å². The minimum atomic E-state index is -4.59. The van der Waals surface area contributed by atoms with Gasteiger partial charge in [-0.2, -0.15) is 13.2 Å². The van der Waals surface area contributed by atoms with Gasteiger partial charge < -0.3 is 25.2 Å². The first kappa shape index (κ1) is 31.2. The minimum absolute atomic E-state index is 0.0733. The SMILES string of the molecule is Cn1cccc1C(=O)NC(Cc1ccccc1)[C@H](O)C(=O)N1CSC(C)(C)[C@H]1C(=O)NCc1ccccc1C(F)(F)F. The van der Waals surface area contributed by atoms with E-state index in [1.807, 2.05) is 18.2 Å². The van der Waals surface area contributed by atoms with Crippen molar-refractivity contribution in [2.45, 2.75) is 55.9 Å². The van der Waals surface area contributed by atoms with Crippen LogP contribution in [0.5, 0.6) is 0 Å². The van der Waals surface area contributed by atoms with Crippen LogP contribution in [-0.2, 0) is 35.8 Å². The van der Waals surface area contributed by atoms with Gasteiger partial charge in [0.25, 0.3) is 11.8 Å². The largest absolute Gasteiger partial charge is 0.416 e. The average molecular weight is 603 g/mol. The summed E-state index contributed by atoms with van der Waals surface area (Å²) < 4.78 is 41.2. The van der Waals surface area contributed by atoms with Crippen LogP contribution >= 0.6 is 11.8 Å². The number of benzene rings is 2.